The number of hydrogen-bond acceptors (Lipinski definition) is 4. The molecule has 24 heavy (non-hydrogen) atoms. The SMILES string of the molecule is Cn1ccc(C(=O)NC2CC3CC(C2)N(C(=O)c2ccn[nH]2)C3)n1. The lowest BCUT2D eigenvalue weighted by Gasteiger charge is -2.29. The van der Waals surface area contributed by atoms with Crippen molar-refractivity contribution in [1.82, 2.24) is 30.2 Å². The van der Waals surface area contributed by atoms with E-state index in [2.05, 4.69) is 20.6 Å². The fraction of sp³-hybridized carbons (Fsp3) is 0.500. The minimum absolute atomic E-state index is 0.00305. The highest BCUT2D eigenvalue weighted by atomic mass is 16.2. The number of H-pyrrole nitrogens is 1. The Kier molecular flexibility index (Phi) is 3.59. The first-order valence-corrected chi connectivity index (χ1v) is 8.21. The van der Waals surface area contributed by atoms with Crippen molar-refractivity contribution in [3.05, 3.63) is 35.9 Å². The van der Waals surface area contributed by atoms with Gasteiger partial charge in [0.25, 0.3) is 11.8 Å². The summed E-state index contributed by atoms with van der Waals surface area (Å²) in [5.74, 6) is 0.287. The van der Waals surface area contributed by atoms with Gasteiger partial charge in [-0.25, -0.2) is 0 Å². The Morgan fingerprint density at radius 3 is 2.88 bits per heavy atom. The van der Waals surface area contributed by atoms with E-state index < -0.39 is 0 Å². The number of aromatic nitrogens is 4. The maximum absolute atomic E-state index is 12.6. The number of carbonyl (C=O) groups is 2. The maximum atomic E-state index is 12.6. The smallest absolute Gasteiger partial charge is 0.272 e. The first-order valence-electron chi connectivity index (χ1n) is 8.21. The van der Waals surface area contributed by atoms with Gasteiger partial charge in [0, 0.05) is 38.1 Å². The molecule has 2 bridgehead atoms. The first-order chi connectivity index (χ1) is 11.6. The van der Waals surface area contributed by atoms with Crippen molar-refractivity contribution in [2.45, 2.75) is 31.3 Å². The van der Waals surface area contributed by atoms with E-state index in [1.807, 2.05) is 4.90 Å². The molecule has 0 aromatic carbocycles. The number of likely N-dealkylation sites (tertiary alicyclic amines) is 1. The Hall–Kier alpha value is -2.64. The van der Waals surface area contributed by atoms with Crippen LogP contribution in [-0.4, -0.2) is 55.3 Å². The molecule has 4 rings (SSSR count). The summed E-state index contributed by atoms with van der Waals surface area (Å²) in [6.45, 7) is 0.748. The average molecular weight is 328 g/mol. The standard InChI is InChI=1S/C16H20N6O2/c1-21-5-3-13(20-21)15(23)18-11-6-10-7-12(8-11)22(9-10)16(24)14-2-4-17-19-14/h2-5,10-12H,6-9H2,1H3,(H,17,19)(H,18,23). The Morgan fingerprint density at radius 2 is 2.17 bits per heavy atom. The zero-order valence-electron chi connectivity index (χ0n) is 13.5. The van der Waals surface area contributed by atoms with E-state index >= 15 is 0 Å². The van der Waals surface area contributed by atoms with Crippen molar-refractivity contribution in [2.24, 2.45) is 13.0 Å². The summed E-state index contributed by atoms with van der Waals surface area (Å²) in [5.41, 5.74) is 0.956. The highest BCUT2D eigenvalue weighted by molar-refractivity contribution is 5.93. The van der Waals surface area contributed by atoms with E-state index in [0.29, 0.717) is 17.3 Å². The fourth-order valence-corrected chi connectivity index (χ4v) is 3.93. The second-order valence-corrected chi connectivity index (χ2v) is 6.70. The maximum Gasteiger partial charge on any atom is 0.272 e. The molecule has 1 saturated heterocycles. The fourth-order valence-electron chi connectivity index (χ4n) is 3.93. The molecule has 2 N–H and O–H groups in total. The van der Waals surface area contributed by atoms with Crippen LogP contribution in [-0.2, 0) is 7.05 Å². The lowest BCUT2D eigenvalue weighted by molar-refractivity contribution is 0.0721. The molecule has 2 fully saturated rings. The number of aromatic amines is 1. The quantitative estimate of drug-likeness (QED) is 0.861. The molecule has 3 unspecified atom stereocenters. The Bertz CT molecular complexity index is 752. The molecule has 8 heteroatoms. The number of nitrogens with one attached hydrogen (secondary N) is 2. The molecule has 2 amide bonds. The largest absolute Gasteiger partial charge is 0.348 e. The lowest BCUT2D eigenvalue weighted by Crippen LogP contribution is -2.43. The second-order valence-electron chi connectivity index (χ2n) is 6.70. The van der Waals surface area contributed by atoms with Gasteiger partial charge in [-0.05, 0) is 37.3 Å². The molecular formula is C16H20N6O2. The van der Waals surface area contributed by atoms with Crippen LogP contribution in [0.1, 0.15) is 40.2 Å². The summed E-state index contributed by atoms with van der Waals surface area (Å²) >= 11 is 0. The topological polar surface area (TPSA) is 95.9 Å². The highest BCUT2D eigenvalue weighted by Crippen LogP contribution is 2.36. The predicted molar refractivity (Wildman–Crippen MR) is 85.2 cm³/mol. The molecule has 3 heterocycles. The second kappa shape index (κ2) is 5.77. The first kappa shape index (κ1) is 14.9. The van der Waals surface area contributed by atoms with Crippen LogP contribution in [0.2, 0.25) is 0 Å². The number of hydrogen-bond donors (Lipinski definition) is 2. The van der Waals surface area contributed by atoms with Crippen LogP contribution in [0.25, 0.3) is 0 Å². The van der Waals surface area contributed by atoms with Gasteiger partial charge in [-0.2, -0.15) is 10.2 Å². The van der Waals surface area contributed by atoms with Gasteiger partial charge in [-0.1, -0.05) is 0 Å². The number of carbonyl (C=O) groups excluding carboxylic acids is 2. The third-order valence-electron chi connectivity index (χ3n) is 4.95. The van der Waals surface area contributed by atoms with Crippen molar-refractivity contribution in [1.29, 1.82) is 0 Å². The number of fused-ring (bicyclic) bond motifs is 2. The van der Waals surface area contributed by atoms with Gasteiger partial charge in [0.15, 0.2) is 0 Å². The molecule has 2 aliphatic rings. The minimum Gasteiger partial charge on any atom is -0.348 e. The summed E-state index contributed by atoms with van der Waals surface area (Å²) in [7, 11) is 1.79. The van der Waals surface area contributed by atoms with Gasteiger partial charge in [0.1, 0.15) is 11.4 Å². The highest BCUT2D eigenvalue weighted by Gasteiger charge is 2.42. The van der Waals surface area contributed by atoms with E-state index in [9.17, 15) is 9.59 Å². The molecule has 126 valence electrons. The predicted octanol–water partition coefficient (Wildman–Crippen LogP) is 0.566. The monoisotopic (exact) mass is 328 g/mol. The summed E-state index contributed by atoms with van der Waals surface area (Å²) < 4.78 is 1.62. The molecule has 0 spiro atoms. The van der Waals surface area contributed by atoms with Crippen molar-refractivity contribution < 1.29 is 9.59 Å². The van der Waals surface area contributed by atoms with Gasteiger partial charge in [0.2, 0.25) is 0 Å². The molecular weight excluding hydrogens is 308 g/mol. The van der Waals surface area contributed by atoms with E-state index in [0.717, 1.165) is 25.8 Å². The van der Waals surface area contributed by atoms with E-state index in [1.54, 1.807) is 36.3 Å². The molecule has 1 saturated carbocycles. The molecule has 2 aromatic heterocycles. The van der Waals surface area contributed by atoms with Crippen molar-refractivity contribution in [3.8, 4) is 0 Å². The van der Waals surface area contributed by atoms with Gasteiger partial charge in [0.05, 0.1) is 0 Å². The van der Waals surface area contributed by atoms with E-state index in [4.69, 9.17) is 0 Å². The Labute approximate surface area is 139 Å². The molecule has 2 aromatic rings. The minimum atomic E-state index is -0.145. The Balaban J connectivity index is 1.41. The Morgan fingerprint density at radius 1 is 1.29 bits per heavy atom. The average Bonchev–Trinajstić information content (AvgIpc) is 3.27. The molecule has 0 radical (unpaired) electrons. The van der Waals surface area contributed by atoms with Crippen molar-refractivity contribution in [3.63, 3.8) is 0 Å². The van der Waals surface area contributed by atoms with Crippen LogP contribution in [0.3, 0.4) is 0 Å². The van der Waals surface area contributed by atoms with E-state index in [-0.39, 0.29) is 23.9 Å². The van der Waals surface area contributed by atoms with Crippen LogP contribution in [0, 0.1) is 5.92 Å². The number of amides is 2. The van der Waals surface area contributed by atoms with Crippen LogP contribution in [0.5, 0.6) is 0 Å². The molecule has 1 aliphatic carbocycles. The van der Waals surface area contributed by atoms with Gasteiger partial charge < -0.3 is 10.2 Å². The lowest BCUT2D eigenvalue weighted by atomic mass is 9.86. The summed E-state index contributed by atoms with van der Waals surface area (Å²) in [4.78, 5) is 26.8. The van der Waals surface area contributed by atoms with Gasteiger partial charge >= 0.3 is 0 Å². The van der Waals surface area contributed by atoms with Crippen LogP contribution < -0.4 is 5.32 Å². The van der Waals surface area contributed by atoms with Crippen molar-refractivity contribution >= 4 is 11.8 Å². The number of nitrogens with zero attached hydrogens (tertiary/aromatic N) is 4. The molecule has 3 atom stereocenters. The van der Waals surface area contributed by atoms with E-state index in [1.165, 1.54) is 0 Å². The zero-order chi connectivity index (χ0) is 16.7. The van der Waals surface area contributed by atoms with Crippen LogP contribution >= 0.6 is 0 Å². The molecule has 8 nitrogen and oxygen atoms in total. The van der Waals surface area contributed by atoms with Gasteiger partial charge in [-0.15, -0.1) is 0 Å². The normalized spacial score (nSPS) is 25.7. The zero-order valence-corrected chi connectivity index (χ0v) is 13.5. The number of aryl methyl sites for hydroxylation is 1. The van der Waals surface area contributed by atoms with Crippen molar-refractivity contribution in [2.75, 3.05) is 6.54 Å². The summed E-state index contributed by atoms with van der Waals surface area (Å²) in [6, 6.07) is 3.67. The summed E-state index contributed by atoms with van der Waals surface area (Å²) in [6.07, 6.45) is 6.04. The third-order valence-corrected chi connectivity index (χ3v) is 4.95. The number of rotatable bonds is 3. The van der Waals surface area contributed by atoms with Crippen LogP contribution in [0.15, 0.2) is 24.5 Å². The molecule has 1 aliphatic heterocycles. The van der Waals surface area contributed by atoms with Gasteiger partial charge in [-0.3, -0.25) is 19.4 Å². The third kappa shape index (κ3) is 2.68. The summed E-state index contributed by atoms with van der Waals surface area (Å²) in [5, 5.41) is 13.8. The van der Waals surface area contributed by atoms with Crippen LogP contribution in [0.4, 0.5) is 0 Å².